The highest BCUT2D eigenvalue weighted by Crippen LogP contribution is 2.16. The summed E-state index contributed by atoms with van der Waals surface area (Å²) in [4.78, 5) is 23.1. The van der Waals surface area contributed by atoms with Crippen LogP contribution in [0.1, 0.15) is 12.5 Å². The lowest BCUT2D eigenvalue weighted by molar-refractivity contribution is 0.580. The molecule has 1 aliphatic rings. The van der Waals surface area contributed by atoms with Crippen LogP contribution in [-0.2, 0) is 6.54 Å². The van der Waals surface area contributed by atoms with E-state index in [0.717, 1.165) is 26.2 Å². The minimum absolute atomic E-state index is 0.154. The molecule has 3 rings (SSSR count). The summed E-state index contributed by atoms with van der Waals surface area (Å²) >= 11 is 0. The number of piperazine rings is 1. The van der Waals surface area contributed by atoms with Crippen LogP contribution in [0.4, 0.5) is 5.95 Å². The van der Waals surface area contributed by atoms with Crippen LogP contribution in [0.3, 0.4) is 0 Å². The van der Waals surface area contributed by atoms with E-state index in [0.29, 0.717) is 29.0 Å². The van der Waals surface area contributed by atoms with Crippen molar-refractivity contribution in [3.05, 3.63) is 28.3 Å². The number of fused-ring (bicyclic) bond motifs is 1. The van der Waals surface area contributed by atoms with Gasteiger partial charge in [-0.25, -0.2) is 9.97 Å². The molecule has 0 atom stereocenters. The summed E-state index contributed by atoms with van der Waals surface area (Å²) in [6.07, 6.45) is 3.11. The van der Waals surface area contributed by atoms with E-state index in [1.807, 2.05) is 6.92 Å². The summed E-state index contributed by atoms with van der Waals surface area (Å²) in [5.74, 6) is 0.578. The average Bonchev–Trinajstić information content (AvgIpc) is 2.56. The topological polar surface area (TPSA) is 86.8 Å². The molecule has 0 unspecified atom stereocenters. The lowest BCUT2D eigenvalue weighted by Crippen LogP contribution is -2.44. The fraction of sp³-hybridized carbons (Fsp3) is 0.429. The van der Waals surface area contributed by atoms with Gasteiger partial charge in [0.1, 0.15) is 11.6 Å². The number of aryl methyl sites for hydroxylation is 1. The van der Waals surface area contributed by atoms with Gasteiger partial charge in [0.25, 0.3) is 5.56 Å². The van der Waals surface area contributed by atoms with Gasteiger partial charge >= 0.3 is 0 Å². The molecule has 1 saturated heterocycles. The Bertz CT molecular complexity index is 769. The van der Waals surface area contributed by atoms with Crippen LogP contribution in [0.15, 0.2) is 17.2 Å². The Morgan fingerprint density at radius 1 is 1.43 bits per heavy atom. The van der Waals surface area contributed by atoms with Gasteiger partial charge < -0.3 is 14.8 Å². The Morgan fingerprint density at radius 3 is 2.86 bits per heavy atom. The van der Waals surface area contributed by atoms with Crippen LogP contribution in [-0.4, -0.2) is 40.7 Å². The van der Waals surface area contributed by atoms with Crippen molar-refractivity contribution >= 4 is 16.9 Å². The number of nitrogens with one attached hydrogen (secondary N) is 1. The second-order valence-electron chi connectivity index (χ2n) is 4.92. The maximum Gasteiger partial charge on any atom is 0.261 e. The van der Waals surface area contributed by atoms with E-state index in [-0.39, 0.29) is 5.56 Å². The van der Waals surface area contributed by atoms with Gasteiger partial charge in [0, 0.05) is 45.1 Å². The van der Waals surface area contributed by atoms with E-state index in [2.05, 4.69) is 26.3 Å². The quantitative estimate of drug-likeness (QED) is 0.841. The first-order valence-electron chi connectivity index (χ1n) is 7.00. The number of pyridine rings is 1. The number of aromatic nitrogens is 3. The van der Waals surface area contributed by atoms with Crippen molar-refractivity contribution in [3.63, 3.8) is 0 Å². The van der Waals surface area contributed by atoms with Crippen molar-refractivity contribution in [1.82, 2.24) is 19.9 Å². The highest BCUT2D eigenvalue weighted by atomic mass is 16.1. The zero-order valence-electron chi connectivity index (χ0n) is 11.8. The van der Waals surface area contributed by atoms with Crippen LogP contribution in [0.2, 0.25) is 0 Å². The molecule has 0 bridgehead atoms. The molecule has 0 amide bonds. The third kappa shape index (κ3) is 2.34. The molecule has 0 aliphatic carbocycles. The molecule has 3 heterocycles. The number of hydrogen-bond acceptors (Lipinski definition) is 6. The molecule has 7 heteroatoms. The fourth-order valence-corrected chi connectivity index (χ4v) is 2.50. The van der Waals surface area contributed by atoms with Crippen LogP contribution < -0.4 is 15.8 Å². The monoisotopic (exact) mass is 284 g/mol. The third-order valence-electron chi connectivity index (χ3n) is 3.67. The normalized spacial score (nSPS) is 15.1. The lowest BCUT2D eigenvalue weighted by atomic mass is 10.2. The Labute approximate surface area is 121 Å². The molecule has 2 aromatic rings. The molecule has 7 nitrogen and oxygen atoms in total. The molecular formula is C14H16N6O. The first kappa shape index (κ1) is 13.5. The lowest BCUT2D eigenvalue weighted by Gasteiger charge is -2.27. The second kappa shape index (κ2) is 5.50. The zero-order chi connectivity index (χ0) is 14.8. The van der Waals surface area contributed by atoms with Gasteiger partial charge in [-0.1, -0.05) is 0 Å². The summed E-state index contributed by atoms with van der Waals surface area (Å²) in [6, 6.07) is 2.12. The van der Waals surface area contributed by atoms with E-state index in [9.17, 15) is 10.1 Å². The van der Waals surface area contributed by atoms with E-state index in [4.69, 9.17) is 0 Å². The highest BCUT2D eigenvalue weighted by molar-refractivity contribution is 5.83. The van der Waals surface area contributed by atoms with Crippen molar-refractivity contribution < 1.29 is 0 Å². The zero-order valence-corrected chi connectivity index (χ0v) is 11.8. The van der Waals surface area contributed by atoms with Crippen LogP contribution in [0.25, 0.3) is 10.9 Å². The molecule has 0 radical (unpaired) electrons. The SMILES string of the molecule is CCn1cc(C#N)c2nc(N3CCNCC3)ncc2c1=O. The Balaban J connectivity index is 2.17. The largest absolute Gasteiger partial charge is 0.338 e. The van der Waals surface area contributed by atoms with E-state index in [1.165, 1.54) is 10.8 Å². The van der Waals surface area contributed by atoms with Gasteiger partial charge in [0.2, 0.25) is 5.95 Å². The number of hydrogen-bond donors (Lipinski definition) is 1. The molecule has 1 N–H and O–H groups in total. The summed E-state index contributed by atoms with van der Waals surface area (Å²) in [6.45, 7) is 5.78. The van der Waals surface area contributed by atoms with Crippen LogP contribution in [0, 0.1) is 11.3 Å². The molecule has 0 spiro atoms. The predicted molar refractivity (Wildman–Crippen MR) is 79.3 cm³/mol. The van der Waals surface area contributed by atoms with Crippen molar-refractivity contribution in [2.45, 2.75) is 13.5 Å². The van der Waals surface area contributed by atoms with Crippen molar-refractivity contribution in [2.75, 3.05) is 31.1 Å². The van der Waals surface area contributed by atoms with Gasteiger partial charge in [-0.2, -0.15) is 5.26 Å². The summed E-state index contributed by atoms with van der Waals surface area (Å²) < 4.78 is 1.51. The van der Waals surface area contributed by atoms with Gasteiger partial charge in [0.05, 0.1) is 10.9 Å². The van der Waals surface area contributed by atoms with E-state index >= 15 is 0 Å². The molecular weight excluding hydrogens is 268 g/mol. The fourth-order valence-electron chi connectivity index (χ4n) is 2.50. The summed E-state index contributed by atoms with van der Waals surface area (Å²) in [7, 11) is 0. The maximum absolute atomic E-state index is 12.3. The Kier molecular flexibility index (Phi) is 3.54. The standard InChI is InChI=1S/C14H16N6O/c1-2-19-9-10(7-15)12-11(13(19)21)8-17-14(18-12)20-5-3-16-4-6-20/h8-9,16H,2-6H2,1H3. The summed E-state index contributed by atoms with van der Waals surface area (Å²) in [5.41, 5.74) is 0.694. The van der Waals surface area contributed by atoms with Crippen molar-refractivity contribution in [3.8, 4) is 6.07 Å². The predicted octanol–water partition coefficient (Wildman–Crippen LogP) is 0.0927. The molecule has 2 aromatic heterocycles. The number of nitriles is 1. The Hall–Kier alpha value is -2.46. The molecule has 108 valence electrons. The number of rotatable bonds is 2. The highest BCUT2D eigenvalue weighted by Gasteiger charge is 2.16. The molecule has 21 heavy (non-hydrogen) atoms. The Morgan fingerprint density at radius 2 is 2.19 bits per heavy atom. The van der Waals surface area contributed by atoms with Crippen molar-refractivity contribution in [1.29, 1.82) is 5.26 Å². The molecule has 1 aliphatic heterocycles. The first-order chi connectivity index (χ1) is 10.2. The molecule has 0 aromatic carbocycles. The van der Waals surface area contributed by atoms with Gasteiger partial charge in [0.15, 0.2) is 0 Å². The van der Waals surface area contributed by atoms with Crippen LogP contribution >= 0.6 is 0 Å². The van der Waals surface area contributed by atoms with E-state index < -0.39 is 0 Å². The minimum atomic E-state index is -0.154. The minimum Gasteiger partial charge on any atom is -0.338 e. The first-order valence-corrected chi connectivity index (χ1v) is 7.00. The maximum atomic E-state index is 12.3. The van der Waals surface area contributed by atoms with Crippen molar-refractivity contribution in [2.24, 2.45) is 0 Å². The smallest absolute Gasteiger partial charge is 0.261 e. The van der Waals surface area contributed by atoms with Crippen LogP contribution in [0.5, 0.6) is 0 Å². The van der Waals surface area contributed by atoms with Gasteiger partial charge in [-0.3, -0.25) is 4.79 Å². The number of anilines is 1. The van der Waals surface area contributed by atoms with Gasteiger partial charge in [-0.15, -0.1) is 0 Å². The molecule has 0 saturated carbocycles. The number of nitrogens with zero attached hydrogens (tertiary/aromatic N) is 5. The second-order valence-corrected chi connectivity index (χ2v) is 4.92. The van der Waals surface area contributed by atoms with E-state index in [1.54, 1.807) is 6.20 Å². The third-order valence-corrected chi connectivity index (χ3v) is 3.67. The summed E-state index contributed by atoms with van der Waals surface area (Å²) in [5, 5.41) is 13.0. The molecule has 1 fully saturated rings. The van der Waals surface area contributed by atoms with Gasteiger partial charge in [-0.05, 0) is 6.92 Å². The average molecular weight is 284 g/mol.